The van der Waals surface area contributed by atoms with Crippen molar-refractivity contribution in [2.75, 3.05) is 13.7 Å². The highest BCUT2D eigenvalue weighted by Crippen LogP contribution is 2.39. The molecule has 0 bridgehead atoms. The summed E-state index contributed by atoms with van der Waals surface area (Å²) in [5, 5.41) is 19.6. The first-order valence-electron chi connectivity index (χ1n) is 11.5. The van der Waals surface area contributed by atoms with Gasteiger partial charge in [-0.25, -0.2) is 0 Å². The molecule has 184 valence electrons. The molecular formula is C28H24ClNO6. The molecule has 1 heterocycles. The lowest BCUT2D eigenvalue weighted by molar-refractivity contribution is -0.139. The number of halogens is 1. The van der Waals surface area contributed by atoms with Crippen LogP contribution in [0.25, 0.3) is 0 Å². The zero-order valence-electron chi connectivity index (χ0n) is 19.6. The van der Waals surface area contributed by atoms with E-state index in [1.165, 1.54) is 6.07 Å². The van der Waals surface area contributed by atoms with Crippen LogP contribution >= 0.6 is 11.6 Å². The summed E-state index contributed by atoms with van der Waals surface area (Å²) in [5.74, 6) is 0.0615. The summed E-state index contributed by atoms with van der Waals surface area (Å²) < 4.78 is 16.7. The molecule has 1 N–H and O–H groups in total. The highest BCUT2D eigenvalue weighted by atomic mass is 35.5. The molecular weight excluding hydrogens is 482 g/mol. The standard InChI is InChI=1S/C28H24ClNO6/c1-34-27-13-17(5-10-23(27)29)3-2-4-24(31)18-6-8-20(9-7-18)36-25-15-26-22(14-19(25)16-30)21(28(32)33)11-12-35-26/h5-10,13-15,21H,2-4,11-12H2,1H3,(H,32,33). The minimum atomic E-state index is -0.953. The number of carboxylic acids is 1. The van der Waals surface area contributed by atoms with Crippen molar-refractivity contribution in [1.82, 2.24) is 0 Å². The van der Waals surface area contributed by atoms with E-state index in [9.17, 15) is 20.0 Å². The smallest absolute Gasteiger partial charge is 0.311 e. The molecule has 1 aliphatic rings. The van der Waals surface area contributed by atoms with Gasteiger partial charge in [0.2, 0.25) is 0 Å². The number of rotatable bonds is 9. The van der Waals surface area contributed by atoms with Gasteiger partial charge < -0.3 is 19.3 Å². The number of ether oxygens (including phenoxy) is 3. The molecule has 7 nitrogen and oxygen atoms in total. The molecule has 0 saturated heterocycles. The minimum absolute atomic E-state index is 0.0158. The number of benzene rings is 3. The Balaban J connectivity index is 1.40. The summed E-state index contributed by atoms with van der Waals surface area (Å²) in [6, 6.07) is 17.4. The van der Waals surface area contributed by atoms with Crippen LogP contribution in [0.2, 0.25) is 5.02 Å². The van der Waals surface area contributed by atoms with Crippen molar-refractivity contribution in [3.8, 4) is 29.1 Å². The maximum absolute atomic E-state index is 12.6. The Bertz CT molecular complexity index is 1330. The average Bonchev–Trinajstić information content (AvgIpc) is 2.89. The van der Waals surface area contributed by atoms with Crippen molar-refractivity contribution >= 4 is 23.4 Å². The van der Waals surface area contributed by atoms with Crippen LogP contribution in [0.1, 0.15) is 52.2 Å². The van der Waals surface area contributed by atoms with Crippen LogP contribution in [0.15, 0.2) is 54.6 Å². The van der Waals surface area contributed by atoms with Crippen molar-refractivity contribution in [1.29, 1.82) is 5.26 Å². The van der Waals surface area contributed by atoms with Gasteiger partial charge in [0.15, 0.2) is 5.78 Å². The number of nitrogens with zero attached hydrogens (tertiary/aromatic N) is 1. The quantitative estimate of drug-likeness (QED) is 0.346. The van der Waals surface area contributed by atoms with Crippen molar-refractivity contribution in [3.05, 3.63) is 81.9 Å². The summed E-state index contributed by atoms with van der Waals surface area (Å²) in [6.07, 6.45) is 2.13. The molecule has 0 amide bonds. The number of methoxy groups -OCH3 is 1. The lowest BCUT2D eigenvalue weighted by Gasteiger charge is -2.24. The average molecular weight is 506 g/mol. The molecule has 0 aliphatic carbocycles. The van der Waals surface area contributed by atoms with E-state index in [-0.39, 0.29) is 23.7 Å². The number of aryl methyl sites for hydroxylation is 1. The number of hydrogen-bond acceptors (Lipinski definition) is 6. The topological polar surface area (TPSA) is 106 Å². The van der Waals surface area contributed by atoms with Gasteiger partial charge in [-0.3, -0.25) is 9.59 Å². The molecule has 1 unspecified atom stereocenters. The second kappa shape index (κ2) is 11.1. The number of carbonyl (C=O) groups is 2. The Morgan fingerprint density at radius 2 is 1.92 bits per heavy atom. The molecule has 1 aliphatic heterocycles. The van der Waals surface area contributed by atoms with Crippen molar-refractivity contribution in [2.24, 2.45) is 0 Å². The number of carbonyl (C=O) groups excluding carboxylic acids is 1. The Morgan fingerprint density at radius 3 is 2.61 bits per heavy atom. The molecule has 1 atom stereocenters. The maximum Gasteiger partial charge on any atom is 0.311 e. The van der Waals surface area contributed by atoms with Gasteiger partial charge in [0.05, 0.1) is 30.2 Å². The van der Waals surface area contributed by atoms with Crippen molar-refractivity contribution in [3.63, 3.8) is 0 Å². The number of Topliss-reactive ketones (excluding diaryl/α,β-unsaturated/α-hetero) is 1. The molecule has 0 fully saturated rings. The van der Waals surface area contributed by atoms with Gasteiger partial charge in [-0.15, -0.1) is 0 Å². The Labute approximate surface area is 213 Å². The highest BCUT2D eigenvalue weighted by Gasteiger charge is 2.29. The first-order valence-corrected chi connectivity index (χ1v) is 11.8. The van der Waals surface area contributed by atoms with E-state index in [0.29, 0.717) is 52.7 Å². The van der Waals surface area contributed by atoms with Gasteiger partial charge >= 0.3 is 5.97 Å². The Morgan fingerprint density at radius 1 is 1.14 bits per heavy atom. The molecule has 0 spiro atoms. The molecule has 8 heteroatoms. The lowest BCUT2D eigenvalue weighted by atomic mass is 9.91. The predicted octanol–water partition coefficient (Wildman–Crippen LogP) is 6.17. The summed E-state index contributed by atoms with van der Waals surface area (Å²) in [6.45, 7) is 0.275. The van der Waals surface area contributed by atoms with Gasteiger partial charge in [0.1, 0.15) is 29.1 Å². The number of aliphatic carboxylic acids is 1. The SMILES string of the molecule is COc1cc(CCCC(=O)c2ccc(Oc3cc4c(cc3C#N)C(C(=O)O)CCO4)cc2)ccc1Cl. The number of carboxylic acid groups (broad SMARTS) is 1. The fraction of sp³-hybridized carbons (Fsp3) is 0.250. The summed E-state index contributed by atoms with van der Waals surface area (Å²) in [4.78, 5) is 24.2. The fourth-order valence-corrected chi connectivity index (χ4v) is 4.33. The first-order chi connectivity index (χ1) is 17.4. The van der Waals surface area contributed by atoms with Crippen LogP contribution in [-0.2, 0) is 11.2 Å². The van der Waals surface area contributed by atoms with E-state index >= 15 is 0 Å². The van der Waals surface area contributed by atoms with Crippen molar-refractivity contribution in [2.45, 2.75) is 31.6 Å². The van der Waals surface area contributed by atoms with E-state index in [4.69, 9.17) is 25.8 Å². The van der Waals surface area contributed by atoms with Crippen LogP contribution in [0.5, 0.6) is 23.0 Å². The second-order valence-corrected chi connectivity index (χ2v) is 8.81. The number of nitriles is 1. The van der Waals surface area contributed by atoms with Crippen LogP contribution in [-0.4, -0.2) is 30.6 Å². The monoisotopic (exact) mass is 505 g/mol. The first kappa shape index (κ1) is 25.1. The number of fused-ring (bicyclic) bond motifs is 1. The van der Waals surface area contributed by atoms with Gasteiger partial charge in [0.25, 0.3) is 0 Å². The molecule has 0 radical (unpaired) electrons. The van der Waals surface area contributed by atoms with E-state index in [1.807, 2.05) is 12.1 Å². The van der Waals surface area contributed by atoms with E-state index in [1.54, 1.807) is 43.5 Å². The molecule has 3 aromatic carbocycles. The number of ketones is 1. The van der Waals surface area contributed by atoms with Gasteiger partial charge in [-0.05, 0) is 67.3 Å². The zero-order chi connectivity index (χ0) is 25.7. The molecule has 4 rings (SSSR count). The highest BCUT2D eigenvalue weighted by molar-refractivity contribution is 6.32. The molecule has 36 heavy (non-hydrogen) atoms. The van der Waals surface area contributed by atoms with Crippen LogP contribution in [0.3, 0.4) is 0 Å². The Kier molecular flexibility index (Phi) is 7.77. The summed E-state index contributed by atoms with van der Waals surface area (Å²) in [7, 11) is 1.57. The van der Waals surface area contributed by atoms with Crippen LogP contribution in [0, 0.1) is 11.3 Å². The molecule has 0 aromatic heterocycles. The third-order valence-electron chi connectivity index (χ3n) is 6.06. The third-order valence-corrected chi connectivity index (χ3v) is 6.37. The predicted molar refractivity (Wildman–Crippen MR) is 133 cm³/mol. The summed E-state index contributed by atoms with van der Waals surface area (Å²) in [5.41, 5.74) is 2.29. The molecule has 0 saturated carbocycles. The molecule has 3 aromatic rings. The second-order valence-electron chi connectivity index (χ2n) is 8.40. The van der Waals surface area contributed by atoms with Crippen LogP contribution < -0.4 is 14.2 Å². The minimum Gasteiger partial charge on any atom is -0.495 e. The van der Waals surface area contributed by atoms with Gasteiger partial charge in [0, 0.05) is 23.6 Å². The maximum atomic E-state index is 12.6. The normalized spacial score (nSPS) is 14.2. The summed E-state index contributed by atoms with van der Waals surface area (Å²) >= 11 is 6.06. The van der Waals surface area contributed by atoms with Crippen LogP contribution in [0.4, 0.5) is 0 Å². The van der Waals surface area contributed by atoms with Gasteiger partial charge in [-0.1, -0.05) is 17.7 Å². The largest absolute Gasteiger partial charge is 0.495 e. The van der Waals surface area contributed by atoms with Gasteiger partial charge in [-0.2, -0.15) is 5.26 Å². The lowest BCUT2D eigenvalue weighted by Crippen LogP contribution is -2.21. The number of hydrogen-bond donors (Lipinski definition) is 1. The van der Waals surface area contributed by atoms with E-state index in [0.717, 1.165) is 12.0 Å². The van der Waals surface area contributed by atoms with Crippen molar-refractivity contribution < 1.29 is 28.9 Å². The van der Waals surface area contributed by atoms with E-state index < -0.39 is 11.9 Å². The van der Waals surface area contributed by atoms with E-state index in [2.05, 4.69) is 6.07 Å². The fourth-order valence-electron chi connectivity index (χ4n) is 4.14. The Hall–Kier alpha value is -4.02. The third kappa shape index (κ3) is 5.61. The zero-order valence-corrected chi connectivity index (χ0v) is 20.4.